The first-order valence-electron chi connectivity index (χ1n) is 10.5. The van der Waals surface area contributed by atoms with Gasteiger partial charge >= 0.3 is 0 Å². The van der Waals surface area contributed by atoms with Gasteiger partial charge < -0.3 is 9.64 Å². The van der Waals surface area contributed by atoms with Crippen LogP contribution in [-0.4, -0.2) is 43.7 Å². The molecule has 0 unspecified atom stereocenters. The number of rotatable bonds is 5. The van der Waals surface area contributed by atoms with Gasteiger partial charge in [-0.15, -0.1) is 0 Å². The molecule has 4 rings (SSSR count). The molecule has 1 aliphatic rings. The Hall–Kier alpha value is -3.16. The summed E-state index contributed by atoms with van der Waals surface area (Å²) in [6.07, 6.45) is -0.204. The lowest BCUT2D eigenvalue weighted by Gasteiger charge is -2.43. The van der Waals surface area contributed by atoms with Gasteiger partial charge in [0.05, 0.1) is 12.0 Å². The molecule has 0 saturated carbocycles. The first kappa shape index (κ1) is 22.0. The second kappa shape index (κ2) is 9.14. The fourth-order valence-electron chi connectivity index (χ4n) is 3.98. The molecule has 32 heavy (non-hydrogen) atoms. The zero-order valence-corrected chi connectivity index (χ0v) is 19.0. The van der Waals surface area contributed by atoms with Crippen LogP contribution >= 0.6 is 0 Å². The van der Waals surface area contributed by atoms with Crippen LogP contribution in [-0.2, 0) is 10.0 Å². The van der Waals surface area contributed by atoms with Gasteiger partial charge in [-0.05, 0) is 55.3 Å². The minimum Gasteiger partial charge on any atom is -0.497 e. The standard InChI is InChI=1S/C25H26N2O4S/c1-19-9-15-23(16-10-19)32(29,30)27-18-6-17-26(25(28)21-7-4-3-5-8-21)24(27)20-11-13-22(31-2)14-12-20/h3-5,7-16,24H,6,17-18H2,1-2H3/t24-/m1/s1. The maximum atomic E-state index is 13.7. The maximum absolute atomic E-state index is 13.7. The highest BCUT2D eigenvalue weighted by molar-refractivity contribution is 7.89. The molecule has 3 aromatic rings. The SMILES string of the molecule is COc1ccc([C@@H]2N(C(=O)c3ccccc3)CCCN2S(=O)(=O)c2ccc(C)cc2)cc1. The van der Waals surface area contributed by atoms with Crippen molar-refractivity contribution in [2.24, 2.45) is 0 Å². The first-order valence-corrected chi connectivity index (χ1v) is 11.9. The fourth-order valence-corrected chi connectivity index (χ4v) is 5.59. The number of methoxy groups -OCH3 is 1. The van der Waals surface area contributed by atoms with Crippen molar-refractivity contribution < 1.29 is 17.9 Å². The van der Waals surface area contributed by atoms with E-state index in [9.17, 15) is 13.2 Å². The highest BCUT2D eigenvalue weighted by Crippen LogP contribution is 2.35. The van der Waals surface area contributed by atoms with Gasteiger partial charge in [-0.1, -0.05) is 48.0 Å². The lowest BCUT2D eigenvalue weighted by atomic mass is 10.1. The topological polar surface area (TPSA) is 66.9 Å². The van der Waals surface area contributed by atoms with Crippen LogP contribution in [0.4, 0.5) is 0 Å². The van der Waals surface area contributed by atoms with Crippen LogP contribution < -0.4 is 4.74 Å². The zero-order valence-electron chi connectivity index (χ0n) is 18.1. The van der Waals surface area contributed by atoms with Crippen LogP contribution in [0.2, 0.25) is 0 Å². The molecule has 166 valence electrons. The van der Waals surface area contributed by atoms with E-state index in [2.05, 4.69) is 0 Å². The Kier molecular flexibility index (Phi) is 6.30. The quantitative estimate of drug-likeness (QED) is 0.583. The number of carbonyl (C=O) groups is 1. The molecule has 0 bridgehead atoms. The number of aryl methyl sites for hydroxylation is 1. The van der Waals surface area contributed by atoms with Crippen molar-refractivity contribution >= 4 is 15.9 Å². The Morgan fingerprint density at radius 2 is 1.56 bits per heavy atom. The Morgan fingerprint density at radius 3 is 2.19 bits per heavy atom. The summed E-state index contributed by atoms with van der Waals surface area (Å²) in [6.45, 7) is 2.70. The summed E-state index contributed by atoms with van der Waals surface area (Å²) in [5.74, 6) is 0.466. The van der Waals surface area contributed by atoms with E-state index in [1.807, 2.05) is 25.1 Å². The Morgan fingerprint density at radius 1 is 0.906 bits per heavy atom. The van der Waals surface area contributed by atoms with Gasteiger partial charge in [-0.3, -0.25) is 4.79 Å². The van der Waals surface area contributed by atoms with Crippen molar-refractivity contribution in [3.63, 3.8) is 0 Å². The van der Waals surface area contributed by atoms with E-state index in [0.717, 1.165) is 5.56 Å². The van der Waals surface area contributed by atoms with Crippen molar-refractivity contribution in [1.82, 2.24) is 9.21 Å². The van der Waals surface area contributed by atoms with Crippen LogP contribution in [0.3, 0.4) is 0 Å². The van der Waals surface area contributed by atoms with E-state index >= 15 is 0 Å². The third-order valence-electron chi connectivity index (χ3n) is 5.67. The molecule has 3 aromatic carbocycles. The molecule has 6 nitrogen and oxygen atoms in total. The summed E-state index contributed by atoms with van der Waals surface area (Å²) in [6, 6.07) is 23.0. The third kappa shape index (κ3) is 4.26. The molecule has 7 heteroatoms. The predicted octanol–water partition coefficient (Wildman–Crippen LogP) is 4.24. The summed E-state index contributed by atoms with van der Waals surface area (Å²) in [4.78, 5) is 15.3. The predicted molar refractivity (Wildman–Crippen MR) is 123 cm³/mol. The average molecular weight is 451 g/mol. The zero-order chi connectivity index (χ0) is 22.7. The van der Waals surface area contributed by atoms with E-state index < -0.39 is 16.2 Å². The normalized spacial score (nSPS) is 17.2. The number of benzene rings is 3. The highest BCUT2D eigenvalue weighted by Gasteiger charge is 2.41. The van der Waals surface area contributed by atoms with Crippen molar-refractivity contribution in [3.8, 4) is 5.75 Å². The molecular formula is C25H26N2O4S. The summed E-state index contributed by atoms with van der Waals surface area (Å²) < 4.78 is 34.0. The van der Waals surface area contributed by atoms with Crippen molar-refractivity contribution in [2.45, 2.75) is 24.4 Å². The molecule has 0 N–H and O–H groups in total. The molecule has 1 saturated heterocycles. The van der Waals surface area contributed by atoms with Crippen molar-refractivity contribution in [3.05, 3.63) is 95.6 Å². The lowest BCUT2D eigenvalue weighted by molar-refractivity contribution is 0.0378. The molecule has 1 heterocycles. The van der Waals surface area contributed by atoms with Crippen molar-refractivity contribution in [1.29, 1.82) is 0 Å². The van der Waals surface area contributed by atoms with Gasteiger partial charge in [0.1, 0.15) is 11.9 Å². The minimum atomic E-state index is -3.83. The van der Waals surface area contributed by atoms with Gasteiger partial charge in [0.15, 0.2) is 0 Å². The number of amides is 1. The van der Waals surface area contributed by atoms with Crippen LogP contribution in [0.25, 0.3) is 0 Å². The number of hydrogen-bond acceptors (Lipinski definition) is 4. The van der Waals surface area contributed by atoms with Crippen LogP contribution in [0.1, 0.15) is 34.1 Å². The Balaban J connectivity index is 1.80. The fraction of sp³-hybridized carbons (Fsp3) is 0.240. The van der Waals surface area contributed by atoms with E-state index in [1.165, 1.54) is 4.31 Å². The van der Waals surface area contributed by atoms with E-state index in [-0.39, 0.29) is 10.8 Å². The van der Waals surface area contributed by atoms with Gasteiger partial charge in [-0.2, -0.15) is 4.31 Å². The molecule has 1 amide bonds. The summed E-state index contributed by atoms with van der Waals surface area (Å²) >= 11 is 0. The second-order valence-corrected chi connectivity index (χ2v) is 9.68. The molecule has 1 atom stereocenters. The van der Waals surface area contributed by atoms with Crippen LogP contribution in [0.5, 0.6) is 5.75 Å². The number of hydrogen-bond donors (Lipinski definition) is 0. The Bertz CT molecular complexity index is 1180. The van der Waals surface area contributed by atoms with Gasteiger partial charge in [-0.25, -0.2) is 8.42 Å². The summed E-state index contributed by atoms with van der Waals surface area (Å²) in [7, 11) is -2.25. The number of carbonyl (C=O) groups excluding carboxylic acids is 1. The third-order valence-corrected chi connectivity index (χ3v) is 7.54. The molecule has 0 spiro atoms. The van der Waals surface area contributed by atoms with E-state index in [0.29, 0.717) is 36.4 Å². The molecule has 1 aliphatic heterocycles. The van der Waals surface area contributed by atoms with Crippen LogP contribution in [0, 0.1) is 6.92 Å². The van der Waals surface area contributed by atoms with Crippen LogP contribution in [0.15, 0.2) is 83.8 Å². The number of ether oxygens (including phenoxy) is 1. The first-order chi connectivity index (χ1) is 15.4. The highest BCUT2D eigenvalue weighted by atomic mass is 32.2. The smallest absolute Gasteiger partial charge is 0.255 e. The number of sulfonamides is 1. The molecule has 0 aromatic heterocycles. The molecule has 0 aliphatic carbocycles. The minimum absolute atomic E-state index is 0.199. The van der Waals surface area contributed by atoms with Crippen molar-refractivity contribution in [2.75, 3.05) is 20.2 Å². The lowest BCUT2D eigenvalue weighted by Crippen LogP contribution is -2.52. The maximum Gasteiger partial charge on any atom is 0.255 e. The van der Waals surface area contributed by atoms with Gasteiger partial charge in [0, 0.05) is 18.7 Å². The summed E-state index contributed by atoms with van der Waals surface area (Å²) in [5.41, 5.74) is 2.22. The average Bonchev–Trinajstić information content (AvgIpc) is 2.84. The number of nitrogens with zero attached hydrogens (tertiary/aromatic N) is 2. The monoisotopic (exact) mass is 450 g/mol. The second-order valence-electron chi connectivity index (χ2n) is 7.79. The molecular weight excluding hydrogens is 424 g/mol. The molecule has 1 fully saturated rings. The summed E-state index contributed by atoms with van der Waals surface area (Å²) in [5, 5.41) is 0. The van der Waals surface area contributed by atoms with E-state index in [4.69, 9.17) is 4.74 Å². The largest absolute Gasteiger partial charge is 0.497 e. The Labute approximate surface area is 189 Å². The van der Waals surface area contributed by atoms with Gasteiger partial charge in [0.2, 0.25) is 10.0 Å². The van der Waals surface area contributed by atoms with E-state index in [1.54, 1.807) is 72.7 Å². The van der Waals surface area contributed by atoms with Gasteiger partial charge in [0.25, 0.3) is 5.91 Å². The molecule has 0 radical (unpaired) electrons.